The van der Waals surface area contributed by atoms with E-state index in [4.69, 9.17) is 4.74 Å². The molecule has 9 heteroatoms. The van der Waals surface area contributed by atoms with Crippen molar-refractivity contribution in [3.63, 3.8) is 0 Å². The number of ether oxygens (including phenoxy) is 1. The highest BCUT2D eigenvalue weighted by atomic mass is 16.6. The highest BCUT2D eigenvalue weighted by Crippen LogP contribution is 2.38. The molecule has 0 amide bonds. The van der Waals surface area contributed by atoms with Gasteiger partial charge in [0.25, 0.3) is 5.69 Å². The zero-order chi connectivity index (χ0) is 18.8. The van der Waals surface area contributed by atoms with E-state index < -0.39 is 22.9 Å². The van der Waals surface area contributed by atoms with Gasteiger partial charge in [0.05, 0.1) is 11.0 Å². The van der Waals surface area contributed by atoms with E-state index in [0.29, 0.717) is 25.3 Å². The smallest absolute Gasteiger partial charge is 0.339 e. The maximum absolute atomic E-state index is 11.4. The Morgan fingerprint density at radius 1 is 1.19 bits per heavy atom. The fourth-order valence-corrected chi connectivity index (χ4v) is 3.90. The number of aliphatic carboxylic acids is 1. The zero-order valence-corrected chi connectivity index (χ0v) is 14.0. The van der Waals surface area contributed by atoms with Crippen LogP contribution >= 0.6 is 0 Å². The number of hydrogen-bond donors (Lipinski definition) is 3. The van der Waals surface area contributed by atoms with Crippen LogP contribution in [-0.2, 0) is 4.79 Å². The highest BCUT2D eigenvalue weighted by molar-refractivity contribution is 5.91. The molecule has 1 aromatic rings. The number of fused-ring (bicyclic) bond motifs is 1. The van der Waals surface area contributed by atoms with Gasteiger partial charge in [0.1, 0.15) is 17.4 Å². The van der Waals surface area contributed by atoms with Crippen molar-refractivity contribution >= 4 is 17.6 Å². The summed E-state index contributed by atoms with van der Waals surface area (Å²) in [6.45, 7) is 0.659. The molecule has 2 fully saturated rings. The van der Waals surface area contributed by atoms with Gasteiger partial charge in [0.2, 0.25) is 0 Å². The molecule has 3 N–H and O–H groups in total. The lowest BCUT2D eigenvalue weighted by Crippen LogP contribution is -2.50. The van der Waals surface area contributed by atoms with Gasteiger partial charge in [-0.1, -0.05) is 0 Å². The third-order valence-corrected chi connectivity index (χ3v) is 5.25. The number of nitrogens with zero attached hydrogens (tertiary/aromatic N) is 1. The number of carboxylic acid groups (broad SMARTS) is 2. The number of benzene rings is 1. The fourth-order valence-electron chi connectivity index (χ4n) is 3.90. The predicted octanol–water partition coefficient (Wildman–Crippen LogP) is 1.90. The number of non-ortho nitro benzene ring substituents is 1. The van der Waals surface area contributed by atoms with Crippen molar-refractivity contribution in [1.82, 2.24) is 5.32 Å². The number of piperidine rings is 1. The van der Waals surface area contributed by atoms with Crippen LogP contribution in [0.3, 0.4) is 0 Å². The molecule has 2 aliphatic rings. The van der Waals surface area contributed by atoms with Gasteiger partial charge in [0.15, 0.2) is 0 Å². The summed E-state index contributed by atoms with van der Waals surface area (Å²) < 4.78 is 5.86. The lowest BCUT2D eigenvalue weighted by atomic mass is 9.72. The monoisotopic (exact) mass is 364 g/mol. The van der Waals surface area contributed by atoms with Gasteiger partial charge in [-0.2, -0.15) is 0 Å². The lowest BCUT2D eigenvalue weighted by molar-refractivity contribution is -0.384. The first-order valence-electron chi connectivity index (χ1n) is 8.49. The fraction of sp³-hybridized carbons (Fsp3) is 0.529. The van der Waals surface area contributed by atoms with Crippen molar-refractivity contribution in [1.29, 1.82) is 0 Å². The van der Waals surface area contributed by atoms with E-state index in [1.54, 1.807) is 0 Å². The highest BCUT2D eigenvalue weighted by Gasteiger charge is 2.38. The summed E-state index contributed by atoms with van der Waals surface area (Å²) >= 11 is 0. The van der Waals surface area contributed by atoms with Crippen LogP contribution in [0.5, 0.6) is 5.75 Å². The normalized spacial score (nSPS) is 28.0. The molecule has 9 nitrogen and oxygen atoms in total. The molecule has 1 aliphatic carbocycles. The van der Waals surface area contributed by atoms with Gasteiger partial charge in [-0.15, -0.1) is 0 Å². The lowest BCUT2D eigenvalue weighted by Gasteiger charge is -2.41. The number of carboxylic acids is 2. The Kier molecular flexibility index (Phi) is 5.08. The Morgan fingerprint density at radius 3 is 2.62 bits per heavy atom. The van der Waals surface area contributed by atoms with Gasteiger partial charge in [-0.25, -0.2) is 4.79 Å². The SMILES string of the molecule is O=C(O)c1cc([N+](=O)[O-])ccc1O[C@H]1CC[C@H]2CN[C@H](C(=O)O)C[C@@H]2C1. The standard InChI is InChI=1S/C17H20N2O7/c20-16(21)13-7-11(19(24)25)2-4-15(13)26-12-3-1-9-8-18-14(17(22)23)6-10(9)5-12/h2,4,7,9-10,12,14,18H,1,3,5-6,8H2,(H,20,21)(H,22,23)/t9-,10-,12-,14-/m0/s1. The second-order valence-corrected chi connectivity index (χ2v) is 6.85. The molecule has 1 heterocycles. The quantitative estimate of drug-likeness (QED) is 0.532. The van der Waals surface area contributed by atoms with Crippen LogP contribution in [0.4, 0.5) is 5.69 Å². The maximum Gasteiger partial charge on any atom is 0.339 e. The van der Waals surface area contributed by atoms with Crippen LogP contribution in [0, 0.1) is 22.0 Å². The average molecular weight is 364 g/mol. The van der Waals surface area contributed by atoms with E-state index in [2.05, 4.69) is 5.32 Å². The Bertz CT molecular complexity index is 736. The summed E-state index contributed by atoms with van der Waals surface area (Å²) in [6.07, 6.45) is 2.53. The van der Waals surface area contributed by atoms with Gasteiger partial charge < -0.3 is 20.3 Å². The van der Waals surface area contributed by atoms with Crippen molar-refractivity contribution in [3.05, 3.63) is 33.9 Å². The van der Waals surface area contributed by atoms with Crippen LogP contribution in [-0.4, -0.2) is 45.8 Å². The molecular weight excluding hydrogens is 344 g/mol. The van der Waals surface area contributed by atoms with Gasteiger partial charge >= 0.3 is 11.9 Å². The molecule has 1 saturated carbocycles. The second-order valence-electron chi connectivity index (χ2n) is 6.85. The van der Waals surface area contributed by atoms with Gasteiger partial charge in [-0.05, 0) is 50.1 Å². The molecule has 3 rings (SSSR count). The molecule has 140 valence electrons. The summed E-state index contributed by atoms with van der Waals surface area (Å²) in [5.41, 5.74) is -0.545. The molecule has 0 unspecified atom stereocenters. The largest absolute Gasteiger partial charge is 0.490 e. The molecule has 0 aromatic heterocycles. The van der Waals surface area contributed by atoms with Crippen LogP contribution in [0.15, 0.2) is 18.2 Å². The number of nitro groups is 1. The predicted molar refractivity (Wildman–Crippen MR) is 89.3 cm³/mol. The summed E-state index contributed by atoms with van der Waals surface area (Å²) in [5, 5.41) is 32.4. The van der Waals surface area contributed by atoms with Crippen molar-refractivity contribution in [2.45, 2.75) is 37.8 Å². The van der Waals surface area contributed by atoms with Crippen molar-refractivity contribution < 1.29 is 29.5 Å². The van der Waals surface area contributed by atoms with E-state index >= 15 is 0 Å². The van der Waals surface area contributed by atoms with Crippen LogP contribution in [0.2, 0.25) is 0 Å². The van der Waals surface area contributed by atoms with E-state index in [9.17, 15) is 29.9 Å². The molecule has 26 heavy (non-hydrogen) atoms. The van der Waals surface area contributed by atoms with Crippen LogP contribution < -0.4 is 10.1 Å². The summed E-state index contributed by atoms with van der Waals surface area (Å²) in [7, 11) is 0. The minimum atomic E-state index is -1.29. The minimum Gasteiger partial charge on any atom is -0.490 e. The second kappa shape index (κ2) is 7.28. The zero-order valence-electron chi connectivity index (χ0n) is 14.0. The van der Waals surface area contributed by atoms with Crippen LogP contribution in [0.1, 0.15) is 36.0 Å². The number of aromatic carboxylic acids is 1. The number of nitrogens with one attached hydrogen (secondary N) is 1. The van der Waals surface area contributed by atoms with Gasteiger partial charge in [0, 0.05) is 12.1 Å². The topological polar surface area (TPSA) is 139 Å². The van der Waals surface area contributed by atoms with Crippen molar-refractivity contribution in [2.24, 2.45) is 11.8 Å². The average Bonchev–Trinajstić information content (AvgIpc) is 2.61. The number of nitro benzene ring substituents is 1. The Morgan fingerprint density at radius 2 is 1.96 bits per heavy atom. The summed E-state index contributed by atoms with van der Waals surface area (Å²) in [5.74, 6) is -1.46. The molecule has 1 saturated heterocycles. The molecule has 0 bridgehead atoms. The van der Waals surface area contributed by atoms with Crippen LogP contribution in [0.25, 0.3) is 0 Å². The Labute approximate surface area is 149 Å². The molecule has 1 aromatic carbocycles. The van der Waals surface area contributed by atoms with E-state index in [-0.39, 0.29) is 29.0 Å². The summed E-state index contributed by atoms with van der Waals surface area (Å²) in [6, 6.07) is 2.96. The Balaban J connectivity index is 1.72. The third-order valence-electron chi connectivity index (χ3n) is 5.25. The number of rotatable bonds is 5. The van der Waals surface area contributed by atoms with Crippen molar-refractivity contribution in [3.8, 4) is 5.75 Å². The Hall–Kier alpha value is -2.68. The first-order chi connectivity index (χ1) is 12.3. The molecule has 1 aliphatic heterocycles. The molecule has 0 radical (unpaired) electrons. The minimum absolute atomic E-state index is 0.107. The maximum atomic E-state index is 11.4. The van der Waals surface area contributed by atoms with E-state index in [1.807, 2.05) is 0 Å². The first-order valence-corrected chi connectivity index (χ1v) is 8.49. The summed E-state index contributed by atoms with van der Waals surface area (Å²) in [4.78, 5) is 32.8. The number of hydrogen-bond acceptors (Lipinski definition) is 6. The molecule has 0 spiro atoms. The molecule has 4 atom stereocenters. The molecular formula is C17H20N2O7. The van der Waals surface area contributed by atoms with Gasteiger partial charge in [-0.3, -0.25) is 14.9 Å². The van der Waals surface area contributed by atoms with E-state index in [1.165, 1.54) is 12.1 Å². The first kappa shape index (κ1) is 18.1. The third kappa shape index (κ3) is 3.77. The number of carbonyl (C=O) groups is 2. The van der Waals surface area contributed by atoms with Crippen molar-refractivity contribution in [2.75, 3.05) is 6.54 Å². The van der Waals surface area contributed by atoms with E-state index in [0.717, 1.165) is 18.9 Å².